The van der Waals surface area contributed by atoms with Crippen LogP contribution in [-0.2, 0) is 9.53 Å². The molecule has 0 spiro atoms. The Morgan fingerprint density at radius 1 is 1.69 bits per heavy atom. The lowest BCUT2D eigenvalue weighted by atomic mass is 9.87. The zero-order valence-corrected chi connectivity index (χ0v) is 9.95. The van der Waals surface area contributed by atoms with Crippen LogP contribution in [0.15, 0.2) is 24.8 Å². The summed E-state index contributed by atoms with van der Waals surface area (Å²) in [5.74, 6) is 0.216. The molecule has 1 aliphatic carbocycles. The van der Waals surface area contributed by atoms with Gasteiger partial charge in [0.25, 0.3) is 0 Å². The van der Waals surface area contributed by atoms with Crippen molar-refractivity contribution in [1.82, 2.24) is 5.32 Å². The standard InChI is InChI=1S/C13H21NO2/c1-3-10-14-12(13(15)16-4-2)11-8-6-5-7-9-11/h3,5-6,11-12,14H,1,4,7-10H2,2H3. The van der Waals surface area contributed by atoms with Crippen LogP contribution < -0.4 is 5.32 Å². The first-order valence-electron chi connectivity index (χ1n) is 5.95. The minimum Gasteiger partial charge on any atom is -0.465 e. The van der Waals surface area contributed by atoms with Crippen LogP contribution in [0.4, 0.5) is 0 Å². The van der Waals surface area contributed by atoms with Crippen molar-refractivity contribution in [2.75, 3.05) is 13.2 Å². The van der Waals surface area contributed by atoms with Gasteiger partial charge in [0.15, 0.2) is 0 Å². The van der Waals surface area contributed by atoms with E-state index in [1.54, 1.807) is 6.08 Å². The zero-order valence-electron chi connectivity index (χ0n) is 9.95. The van der Waals surface area contributed by atoms with Gasteiger partial charge in [0, 0.05) is 6.54 Å². The first-order valence-corrected chi connectivity index (χ1v) is 5.95. The quantitative estimate of drug-likeness (QED) is 0.553. The average molecular weight is 223 g/mol. The van der Waals surface area contributed by atoms with Crippen molar-refractivity contribution in [2.45, 2.75) is 32.2 Å². The number of ether oxygens (including phenoxy) is 1. The van der Waals surface area contributed by atoms with Crippen LogP contribution in [0.25, 0.3) is 0 Å². The SMILES string of the molecule is C=CCNC(C(=O)OCC)C1CC=CCC1. The molecule has 0 saturated heterocycles. The van der Waals surface area contributed by atoms with Gasteiger partial charge in [-0.15, -0.1) is 6.58 Å². The molecule has 0 amide bonds. The third-order valence-corrected chi connectivity index (χ3v) is 2.80. The Labute approximate surface area is 97.6 Å². The van der Waals surface area contributed by atoms with Gasteiger partial charge in [0.05, 0.1) is 6.61 Å². The summed E-state index contributed by atoms with van der Waals surface area (Å²) in [7, 11) is 0. The number of allylic oxidation sites excluding steroid dienone is 2. The Hall–Kier alpha value is -1.09. The summed E-state index contributed by atoms with van der Waals surface area (Å²) in [5.41, 5.74) is 0. The summed E-state index contributed by atoms with van der Waals surface area (Å²) < 4.78 is 5.09. The normalized spacial score (nSPS) is 21.4. The lowest BCUT2D eigenvalue weighted by Crippen LogP contribution is -2.44. The minimum atomic E-state index is -0.192. The molecule has 1 aliphatic rings. The van der Waals surface area contributed by atoms with Gasteiger partial charge in [0.2, 0.25) is 0 Å². The number of hydrogen-bond acceptors (Lipinski definition) is 3. The van der Waals surface area contributed by atoms with Gasteiger partial charge in [0.1, 0.15) is 6.04 Å². The molecule has 3 heteroatoms. The summed E-state index contributed by atoms with van der Waals surface area (Å²) in [6.45, 7) is 6.57. The average Bonchev–Trinajstić information content (AvgIpc) is 2.31. The highest BCUT2D eigenvalue weighted by atomic mass is 16.5. The molecule has 90 valence electrons. The third-order valence-electron chi connectivity index (χ3n) is 2.80. The summed E-state index contributed by atoms with van der Waals surface area (Å²) in [5, 5.41) is 3.20. The maximum Gasteiger partial charge on any atom is 0.323 e. The number of hydrogen-bond donors (Lipinski definition) is 1. The van der Waals surface area contributed by atoms with Gasteiger partial charge >= 0.3 is 5.97 Å². The Bertz CT molecular complexity index is 261. The minimum absolute atomic E-state index is 0.135. The van der Waals surface area contributed by atoms with E-state index in [-0.39, 0.29) is 12.0 Å². The van der Waals surface area contributed by atoms with Crippen molar-refractivity contribution >= 4 is 5.97 Å². The van der Waals surface area contributed by atoms with Gasteiger partial charge in [-0.3, -0.25) is 4.79 Å². The molecule has 16 heavy (non-hydrogen) atoms. The summed E-state index contributed by atoms with van der Waals surface area (Å²) in [6, 6.07) is -0.192. The Balaban J connectivity index is 2.57. The highest BCUT2D eigenvalue weighted by molar-refractivity contribution is 5.76. The molecular weight excluding hydrogens is 202 g/mol. The molecule has 1 rings (SSSR count). The number of carbonyl (C=O) groups is 1. The van der Waals surface area contributed by atoms with Gasteiger partial charge in [-0.2, -0.15) is 0 Å². The Morgan fingerprint density at radius 2 is 2.50 bits per heavy atom. The van der Waals surface area contributed by atoms with E-state index >= 15 is 0 Å². The largest absolute Gasteiger partial charge is 0.465 e. The molecule has 2 atom stereocenters. The third kappa shape index (κ3) is 3.81. The molecule has 0 bridgehead atoms. The summed E-state index contributed by atoms with van der Waals surface area (Å²) >= 11 is 0. The van der Waals surface area contributed by atoms with Gasteiger partial charge in [-0.25, -0.2) is 0 Å². The monoisotopic (exact) mass is 223 g/mol. The van der Waals surface area contributed by atoms with E-state index in [0.717, 1.165) is 19.3 Å². The predicted octanol–water partition coefficient (Wildman–Crippen LogP) is 2.05. The van der Waals surface area contributed by atoms with E-state index in [0.29, 0.717) is 19.1 Å². The molecule has 0 aromatic carbocycles. The highest BCUT2D eigenvalue weighted by Gasteiger charge is 2.28. The molecule has 0 aliphatic heterocycles. The van der Waals surface area contributed by atoms with E-state index in [2.05, 4.69) is 24.0 Å². The maximum absolute atomic E-state index is 11.8. The van der Waals surface area contributed by atoms with Crippen LogP contribution in [0.1, 0.15) is 26.2 Å². The lowest BCUT2D eigenvalue weighted by molar-refractivity contribution is -0.147. The van der Waals surface area contributed by atoms with Crippen molar-refractivity contribution in [1.29, 1.82) is 0 Å². The first-order chi connectivity index (χ1) is 7.79. The van der Waals surface area contributed by atoms with Crippen molar-refractivity contribution < 1.29 is 9.53 Å². The van der Waals surface area contributed by atoms with Crippen LogP contribution in [0, 0.1) is 5.92 Å². The molecule has 0 fully saturated rings. The van der Waals surface area contributed by atoms with Crippen LogP contribution in [0.3, 0.4) is 0 Å². The number of esters is 1. The number of rotatable bonds is 6. The second-order valence-electron chi connectivity index (χ2n) is 3.97. The van der Waals surface area contributed by atoms with Gasteiger partial charge < -0.3 is 10.1 Å². The molecule has 0 radical (unpaired) electrons. The van der Waals surface area contributed by atoms with E-state index in [1.807, 2.05) is 6.92 Å². The smallest absolute Gasteiger partial charge is 0.323 e. The summed E-state index contributed by atoms with van der Waals surface area (Å²) in [6.07, 6.45) is 9.14. The Kier molecular flexibility index (Phi) is 5.86. The number of nitrogens with one attached hydrogen (secondary N) is 1. The van der Waals surface area contributed by atoms with Crippen molar-refractivity contribution in [2.24, 2.45) is 5.92 Å². The lowest BCUT2D eigenvalue weighted by Gasteiger charge is -2.26. The fourth-order valence-corrected chi connectivity index (χ4v) is 2.00. The van der Waals surface area contributed by atoms with Crippen molar-refractivity contribution in [3.63, 3.8) is 0 Å². The van der Waals surface area contributed by atoms with Gasteiger partial charge in [-0.1, -0.05) is 18.2 Å². The molecule has 0 aromatic rings. The molecule has 0 aromatic heterocycles. The highest BCUT2D eigenvalue weighted by Crippen LogP contribution is 2.22. The zero-order chi connectivity index (χ0) is 11.8. The molecule has 0 heterocycles. The molecule has 0 saturated carbocycles. The fourth-order valence-electron chi connectivity index (χ4n) is 2.00. The van der Waals surface area contributed by atoms with Crippen LogP contribution in [0.2, 0.25) is 0 Å². The fraction of sp³-hybridized carbons (Fsp3) is 0.615. The van der Waals surface area contributed by atoms with E-state index in [4.69, 9.17) is 4.74 Å². The number of carbonyl (C=O) groups excluding carboxylic acids is 1. The van der Waals surface area contributed by atoms with Crippen LogP contribution in [-0.4, -0.2) is 25.2 Å². The molecule has 2 unspecified atom stereocenters. The molecular formula is C13H21NO2. The topological polar surface area (TPSA) is 38.3 Å². The first kappa shape index (κ1) is 13.0. The second kappa shape index (κ2) is 7.23. The van der Waals surface area contributed by atoms with E-state index in [1.165, 1.54) is 0 Å². The van der Waals surface area contributed by atoms with Crippen molar-refractivity contribution in [3.05, 3.63) is 24.8 Å². The van der Waals surface area contributed by atoms with E-state index < -0.39 is 0 Å². The Morgan fingerprint density at radius 3 is 3.06 bits per heavy atom. The molecule has 1 N–H and O–H groups in total. The van der Waals surface area contributed by atoms with Crippen molar-refractivity contribution in [3.8, 4) is 0 Å². The maximum atomic E-state index is 11.8. The predicted molar refractivity (Wildman–Crippen MR) is 65.1 cm³/mol. The summed E-state index contributed by atoms with van der Waals surface area (Å²) in [4.78, 5) is 11.8. The second-order valence-corrected chi connectivity index (χ2v) is 3.97. The van der Waals surface area contributed by atoms with Gasteiger partial charge in [-0.05, 0) is 32.1 Å². The van der Waals surface area contributed by atoms with E-state index in [9.17, 15) is 4.79 Å². The van der Waals surface area contributed by atoms with Crippen LogP contribution in [0.5, 0.6) is 0 Å². The molecule has 3 nitrogen and oxygen atoms in total. The van der Waals surface area contributed by atoms with Crippen LogP contribution >= 0.6 is 0 Å².